The smallest absolute Gasteiger partial charge is 0.225 e. The Hall–Kier alpha value is -2.99. The average Bonchev–Trinajstić information content (AvgIpc) is 2.64. The Morgan fingerprint density at radius 1 is 1.04 bits per heavy atom. The zero-order chi connectivity index (χ0) is 17.6. The molecule has 128 valence electrons. The fraction of sp³-hybridized carbons (Fsp3) is 0.211. The van der Waals surface area contributed by atoms with E-state index in [1.54, 1.807) is 12.4 Å². The number of rotatable bonds is 6. The van der Waals surface area contributed by atoms with E-state index in [9.17, 15) is 0 Å². The molecule has 0 aliphatic carbocycles. The third-order valence-corrected chi connectivity index (χ3v) is 3.96. The van der Waals surface area contributed by atoms with Gasteiger partial charge in [0.1, 0.15) is 5.82 Å². The van der Waals surface area contributed by atoms with Crippen LogP contribution in [0.5, 0.6) is 0 Å². The second-order valence-electron chi connectivity index (χ2n) is 5.72. The standard InChI is InChI=1S/C19H21N5O/c1-13-4-3-5-16(14(13)2)22-18-12-17(15-6-8-20-9-7-15)23-19(24-18)21-10-11-25/h3-9,12,25H,10-11H2,1-2H3,(H2,21,22,23,24). The molecule has 25 heavy (non-hydrogen) atoms. The second kappa shape index (κ2) is 7.72. The maximum Gasteiger partial charge on any atom is 0.225 e. The van der Waals surface area contributed by atoms with Crippen LogP contribution in [0.25, 0.3) is 11.3 Å². The number of anilines is 3. The molecule has 3 rings (SSSR count). The molecule has 3 aromatic rings. The summed E-state index contributed by atoms with van der Waals surface area (Å²) in [7, 11) is 0. The largest absolute Gasteiger partial charge is 0.395 e. The third kappa shape index (κ3) is 4.10. The van der Waals surface area contributed by atoms with E-state index in [0.717, 1.165) is 16.9 Å². The SMILES string of the molecule is Cc1cccc(Nc2cc(-c3ccncc3)nc(NCCO)n2)c1C. The molecule has 0 spiro atoms. The van der Waals surface area contributed by atoms with Crippen molar-refractivity contribution in [2.45, 2.75) is 13.8 Å². The van der Waals surface area contributed by atoms with Gasteiger partial charge in [0, 0.05) is 36.3 Å². The molecule has 0 fully saturated rings. The van der Waals surface area contributed by atoms with E-state index in [1.807, 2.05) is 30.3 Å². The van der Waals surface area contributed by atoms with Crippen LogP contribution in [0.3, 0.4) is 0 Å². The first-order chi connectivity index (χ1) is 12.2. The van der Waals surface area contributed by atoms with Crippen LogP contribution >= 0.6 is 0 Å². The first kappa shape index (κ1) is 16.9. The Morgan fingerprint density at radius 3 is 2.60 bits per heavy atom. The van der Waals surface area contributed by atoms with Gasteiger partial charge in [-0.15, -0.1) is 0 Å². The van der Waals surface area contributed by atoms with Gasteiger partial charge in [0.2, 0.25) is 5.95 Å². The Bertz CT molecular complexity index is 852. The Morgan fingerprint density at radius 2 is 1.84 bits per heavy atom. The van der Waals surface area contributed by atoms with Crippen molar-refractivity contribution in [3.05, 3.63) is 59.9 Å². The molecule has 0 saturated heterocycles. The minimum atomic E-state index is 0.0165. The van der Waals surface area contributed by atoms with Gasteiger partial charge in [0.15, 0.2) is 0 Å². The minimum absolute atomic E-state index is 0.0165. The zero-order valence-corrected chi connectivity index (χ0v) is 14.3. The van der Waals surface area contributed by atoms with Crippen molar-refractivity contribution in [2.24, 2.45) is 0 Å². The summed E-state index contributed by atoms with van der Waals surface area (Å²) in [5.74, 6) is 1.16. The van der Waals surface area contributed by atoms with Crippen LogP contribution in [0.1, 0.15) is 11.1 Å². The van der Waals surface area contributed by atoms with Crippen molar-refractivity contribution in [3.63, 3.8) is 0 Å². The number of hydrogen-bond donors (Lipinski definition) is 3. The van der Waals surface area contributed by atoms with Gasteiger partial charge in [-0.05, 0) is 43.2 Å². The van der Waals surface area contributed by atoms with Crippen LogP contribution in [0.15, 0.2) is 48.8 Å². The van der Waals surface area contributed by atoms with Crippen molar-refractivity contribution in [1.82, 2.24) is 15.0 Å². The van der Waals surface area contributed by atoms with Gasteiger partial charge < -0.3 is 15.7 Å². The summed E-state index contributed by atoms with van der Waals surface area (Å²) >= 11 is 0. The normalized spacial score (nSPS) is 10.5. The van der Waals surface area contributed by atoms with E-state index in [-0.39, 0.29) is 6.61 Å². The summed E-state index contributed by atoms with van der Waals surface area (Å²) in [6.07, 6.45) is 3.46. The molecule has 3 N–H and O–H groups in total. The molecular formula is C19H21N5O. The molecule has 6 nitrogen and oxygen atoms in total. The molecule has 6 heteroatoms. The van der Waals surface area contributed by atoms with Gasteiger partial charge in [-0.25, -0.2) is 4.98 Å². The van der Waals surface area contributed by atoms with Crippen molar-refractivity contribution in [2.75, 3.05) is 23.8 Å². The van der Waals surface area contributed by atoms with E-state index in [1.165, 1.54) is 11.1 Å². The third-order valence-electron chi connectivity index (χ3n) is 3.96. The molecule has 0 unspecified atom stereocenters. The second-order valence-corrected chi connectivity index (χ2v) is 5.72. The molecule has 0 saturated carbocycles. The zero-order valence-electron chi connectivity index (χ0n) is 14.3. The summed E-state index contributed by atoms with van der Waals surface area (Å²) in [5, 5.41) is 15.4. The number of nitrogens with one attached hydrogen (secondary N) is 2. The van der Waals surface area contributed by atoms with E-state index >= 15 is 0 Å². The van der Waals surface area contributed by atoms with Gasteiger partial charge in [-0.1, -0.05) is 12.1 Å². The van der Waals surface area contributed by atoms with E-state index in [2.05, 4.69) is 45.5 Å². The maximum atomic E-state index is 9.04. The predicted molar refractivity (Wildman–Crippen MR) is 100 cm³/mol. The number of pyridine rings is 1. The first-order valence-electron chi connectivity index (χ1n) is 8.15. The summed E-state index contributed by atoms with van der Waals surface area (Å²) in [5.41, 5.74) is 5.13. The first-order valence-corrected chi connectivity index (χ1v) is 8.15. The fourth-order valence-electron chi connectivity index (χ4n) is 2.45. The van der Waals surface area contributed by atoms with Crippen LogP contribution in [-0.4, -0.2) is 33.2 Å². The lowest BCUT2D eigenvalue weighted by Crippen LogP contribution is -2.10. The molecule has 2 aromatic heterocycles. The highest BCUT2D eigenvalue weighted by Crippen LogP contribution is 2.25. The number of aliphatic hydroxyl groups is 1. The van der Waals surface area contributed by atoms with Crippen molar-refractivity contribution in [1.29, 1.82) is 0 Å². The van der Waals surface area contributed by atoms with E-state index in [4.69, 9.17) is 5.11 Å². The van der Waals surface area contributed by atoms with E-state index in [0.29, 0.717) is 18.3 Å². The summed E-state index contributed by atoms with van der Waals surface area (Å²) < 4.78 is 0. The number of aliphatic hydroxyl groups excluding tert-OH is 1. The molecule has 0 atom stereocenters. The van der Waals surface area contributed by atoms with Crippen LogP contribution in [0, 0.1) is 13.8 Å². The Kier molecular flexibility index (Phi) is 5.20. The van der Waals surface area contributed by atoms with Crippen molar-refractivity contribution >= 4 is 17.5 Å². The molecular weight excluding hydrogens is 314 g/mol. The summed E-state index contributed by atoms with van der Waals surface area (Å²) in [4.78, 5) is 13.1. The lowest BCUT2D eigenvalue weighted by Gasteiger charge is -2.13. The van der Waals surface area contributed by atoms with Crippen molar-refractivity contribution in [3.8, 4) is 11.3 Å². The Balaban J connectivity index is 1.98. The highest BCUT2D eigenvalue weighted by molar-refractivity contribution is 5.68. The molecule has 0 amide bonds. The Labute approximate surface area is 147 Å². The molecule has 0 aliphatic rings. The topological polar surface area (TPSA) is 83.0 Å². The van der Waals surface area contributed by atoms with E-state index < -0.39 is 0 Å². The monoisotopic (exact) mass is 335 g/mol. The fourth-order valence-corrected chi connectivity index (χ4v) is 2.45. The average molecular weight is 335 g/mol. The number of aryl methyl sites for hydroxylation is 1. The van der Waals surface area contributed by atoms with Crippen LogP contribution in [-0.2, 0) is 0 Å². The van der Waals surface area contributed by atoms with Gasteiger partial charge in [-0.2, -0.15) is 4.98 Å². The van der Waals surface area contributed by atoms with Crippen molar-refractivity contribution < 1.29 is 5.11 Å². The van der Waals surface area contributed by atoms with Gasteiger partial charge in [-0.3, -0.25) is 4.98 Å². The van der Waals surface area contributed by atoms with Crippen LogP contribution in [0.4, 0.5) is 17.5 Å². The van der Waals surface area contributed by atoms with Gasteiger partial charge in [0.05, 0.1) is 12.3 Å². The number of nitrogens with zero attached hydrogens (tertiary/aromatic N) is 3. The highest BCUT2D eigenvalue weighted by Gasteiger charge is 2.08. The van der Waals surface area contributed by atoms with Crippen LogP contribution < -0.4 is 10.6 Å². The maximum absolute atomic E-state index is 9.04. The predicted octanol–water partition coefficient (Wildman–Crippen LogP) is 3.30. The molecule has 1 aromatic carbocycles. The molecule has 0 aliphatic heterocycles. The number of hydrogen-bond acceptors (Lipinski definition) is 6. The van der Waals surface area contributed by atoms with Gasteiger partial charge in [0.25, 0.3) is 0 Å². The quantitative estimate of drug-likeness (QED) is 0.641. The molecule has 0 radical (unpaired) electrons. The number of benzene rings is 1. The highest BCUT2D eigenvalue weighted by atomic mass is 16.3. The summed E-state index contributed by atoms with van der Waals surface area (Å²) in [6, 6.07) is 11.8. The molecule has 2 heterocycles. The summed E-state index contributed by atoms with van der Waals surface area (Å²) in [6.45, 7) is 4.57. The number of aromatic nitrogens is 3. The lowest BCUT2D eigenvalue weighted by atomic mass is 10.1. The minimum Gasteiger partial charge on any atom is -0.395 e. The van der Waals surface area contributed by atoms with Gasteiger partial charge >= 0.3 is 0 Å². The lowest BCUT2D eigenvalue weighted by molar-refractivity contribution is 0.311. The van der Waals surface area contributed by atoms with Crippen LogP contribution in [0.2, 0.25) is 0 Å². The molecule has 0 bridgehead atoms.